The number of hydrogen-bond acceptors (Lipinski definition) is 9. The third-order valence-electron chi connectivity index (χ3n) is 6.23. The van der Waals surface area contributed by atoms with E-state index in [2.05, 4.69) is 59.7 Å². The Kier molecular flexibility index (Phi) is 7.57. The van der Waals surface area contributed by atoms with E-state index in [4.69, 9.17) is 14.6 Å². The summed E-state index contributed by atoms with van der Waals surface area (Å²) < 4.78 is 13.6. The maximum atomic E-state index is 11.6. The van der Waals surface area contributed by atoms with Crippen molar-refractivity contribution in [2.24, 2.45) is 0 Å². The molecule has 4 heterocycles. The molecule has 1 aromatic carbocycles. The number of aromatic nitrogens is 4. The topological polar surface area (TPSA) is 115 Å². The smallest absolute Gasteiger partial charge is 0.263 e. The fourth-order valence-corrected chi connectivity index (χ4v) is 4.73. The molecule has 3 aromatic heterocycles. The Morgan fingerprint density at radius 2 is 1.95 bits per heavy atom. The highest BCUT2D eigenvalue weighted by atomic mass is 32.2. The minimum atomic E-state index is -0.242. The van der Waals surface area contributed by atoms with Crippen LogP contribution >= 0.6 is 11.8 Å². The van der Waals surface area contributed by atoms with Crippen molar-refractivity contribution in [3.63, 3.8) is 0 Å². The first-order valence-electron chi connectivity index (χ1n) is 12.9. The molecule has 0 saturated heterocycles. The molecule has 0 saturated carbocycles. The van der Waals surface area contributed by atoms with Crippen LogP contribution in [-0.4, -0.2) is 44.7 Å². The number of benzene rings is 1. The van der Waals surface area contributed by atoms with Crippen molar-refractivity contribution in [3.8, 4) is 22.9 Å². The normalized spacial score (nSPS) is 13.6. The highest BCUT2D eigenvalue weighted by molar-refractivity contribution is 7.98. The van der Waals surface area contributed by atoms with Crippen LogP contribution in [0.1, 0.15) is 39.1 Å². The third-order valence-corrected chi connectivity index (χ3v) is 7.01. The Bertz CT molecular complexity index is 1530. The number of aryl methyl sites for hydroxylation is 1. The van der Waals surface area contributed by atoms with Crippen LogP contribution in [0.15, 0.2) is 59.8 Å². The zero-order valence-corrected chi connectivity index (χ0v) is 24.2. The Balaban J connectivity index is 1.34. The van der Waals surface area contributed by atoms with Gasteiger partial charge in [0.2, 0.25) is 5.75 Å². The molecule has 1 atom stereocenters. The summed E-state index contributed by atoms with van der Waals surface area (Å²) in [5, 5.41) is 14.7. The summed E-state index contributed by atoms with van der Waals surface area (Å²) in [5.74, 6) is 2.53. The fraction of sp³-hybridized carbons (Fsp3) is 0.310. The summed E-state index contributed by atoms with van der Waals surface area (Å²) in [4.78, 5) is 21.3. The molecule has 0 aliphatic carbocycles. The van der Waals surface area contributed by atoms with E-state index >= 15 is 0 Å². The minimum absolute atomic E-state index is 0.0740. The van der Waals surface area contributed by atoms with Crippen molar-refractivity contribution >= 4 is 35.0 Å². The van der Waals surface area contributed by atoms with Crippen LogP contribution in [0.5, 0.6) is 17.2 Å². The Morgan fingerprint density at radius 1 is 1.12 bits per heavy atom. The van der Waals surface area contributed by atoms with Gasteiger partial charge < -0.3 is 25.4 Å². The maximum absolute atomic E-state index is 11.6. The summed E-state index contributed by atoms with van der Waals surface area (Å²) in [7, 11) is 0. The summed E-state index contributed by atoms with van der Waals surface area (Å²) in [6, 6.07) is 13.6. The Labute approximate surface area is 237 Å². The van der Waals surface area contributed by atoms with Crippen molar-refractivity contribution < 1.29 is 14.3 Å². The molecule has 11 heteroatoms. The molecule has 1 aliphatic rings. The number of hydrogen-bond donors (Lipinski definition) is 3. The predicted molar refractivity (Wildman–Crippen MR) is 158 cm³/mol. The summed E-state index contributed by atoms with van der Waals surface area (Å²) in [6.07, 6.45) is 5.31. The van der Waals surface area contributed by atoms with E-state index in [9.17, 15) is 4.79 Å². The molecule has 0 spiro atoms. The number of rotatable bonds is 8. The van der Waals surface area contributed by atoms with E-state index in [-0.39, 0.29) is 24.1 Å². The number of nitrogens with one attached hydrogen (secondary N) is 3. The lowest BCUT2D eigenvalue weighted by atomic mass is 9.92. The summed E-state index contributed by atoms with van der Waals surface area (Å²) in [5.41, 5.74) is 3.68. The average Bonchev–Trinajstić information content (AvgIpc) is 3.34. The molecule has 0 radical (unpaired) electrons. The second-order valence-corrected chi connectivity index (χ2v) is 11.4. The highest BCUT2D eigenvalue weighted by Crippen LogP contribution is 2.40. The van der Waals surface area contributed by atoms with Crippen LogP contribution in [0.2, 0.25) is 0 Å². The number of anilines is 3. The second kappa shape index (κ2) is 11.1. The molecule has 1 aliphatic heterocycles. The van der Waals surface area contributed by atoms with Gasteiger partial charge in [-0.15, -0.1) is 11.8 Å². The number of thioether (sulfide) groups is 1. The van der Waals surface area contributed by atoms with Gasteiger partial charge in [0.25, 0.3) is 5.91 Å². The van der Waals surface area contributed by atoms with Crippen molar-refractivity contribution in [2.75, 3.05) is 28.8 Å². The summed E-state index contributed by atoms with van der Waals surface area (Å²) >= 11 is 1.61. The average molecular weight is 560 g/mol. The third kappa shape index (κ3) is 5.99. The van der Waals surface area contributed by atoms with E-state index in [1.165, 1.54) is 0 Å². The van der Waals surface area contributed by atoms with Crippen LogP contribution < -0.4 is 25.4 Å². The maximum Gasteiger partial charge on any atom is 0.263 e. The predicted octanol–water partition coefficient (Wildman–Crippen LogP) is 5.98. The van der Waals surface area contributed by atoms with Gasteiger partial charge in [-0.1, -0.05) is 20.8 Å². The van der Waals surface area contributed by atoms with Gasteiger partial charge in [-0.2, -0.15) is 5.10 Å². The molecule has 3 N–H and O–H groups in total. The molecule has 208 valence electrons. The second-order valence-electron chi connectivity index (χ2n) is 10.5. The number of carbonyl (C=O) groups excluding carboxylic acids is 1. The van der Waals surface area contributed by atoms with Crippen molar-refractivity contribution in [2.45, 2.75) is 51.1 Å². The lowest BCUT2D eigenvalue weighted by Gasteiger charge is -2.21. The molecule has 10 nitrogen and oxygen atoms in total. The highest BCUT2D eigenvalue weighted by Gasteiger charge is 2.23. The number of carbonyl (C=O) groups is 1. The SMILES string of the molecule is CSc1cc(Oc2ccnc3c2OCC(=O)N3)ccc1NC(C)Nc1cc(C(C)(C)C)nn1-c1ccc(C)nc1. The number of ether oxygens (including phenoxy) is 2. The lowest BCUT2D eigenvalue weighted by molar-refractivity contribution is -0.118. The van der Waals surface area contributed by atoms with E-state index < -0.39 is 0 Å². The first-order valence-corrected chi connectivity index (χ1v) is 14.2. The quantitative estimate of drug-likeness (QED) is 0.177. The van der Waals surface area contributed by atoms with Gasteiger partial charge in [0, 0.05) is 40.0 Å². The Hall–Kier alpha value is -4.25. The van der Waals surface area contributed by atoms with Crippen LogP contribution in [0.25, 0.3) is 5.69 Å². The van der Waals surface area contributed by atoms with Gasteiger partial charge >= 0.3 is 0 Å². The first kappa shape index (κ1) is 27.3. The largest absolute Gasteiger partial charge is 0.476 e. The molecule has 0 bridgehead atoms. The molecule has 1 amide bonds. The van der Waals surface area contributed by atoms with E-state index in [1.54, 1.807) is 24.0 Å². The number of fused-ring (bicyclic) bond motifs is 1. The van der Waals surface area contributed by atoms with Gasteiger partial charge in [-0.3, -0.25) is 9.78 Å². The molecule has 0 fully saturated rings. The number of amides is 1. The standard InChI is InChI=1S/C29H33N7O3S/c1-17-7-8-19(15-31-17)36-25(14-24(35-36)29(3,4)5)33-18(2)32-21-10-9-20(13-23(21)40-6)39-22-11-12-30-28-27(22)38-16-26(37)34-28/h7-15,18,32-33H,16H2,1-6H3,(H,30,34,37). The fourth-order valence-electron chi connectivity index (χ4n) is 4.15. The van der Waals surface area contributed by atoms with Crippen molar-refractivity contribution in [3.05, 3.63) is 66.2 Å². The van der Waals surface area contributed by atoms with Gasteiger partial charge in [-0.25, -0.2) is 9.67 Å². The van der Waals surface area contributed by atoms with E-state index in [0.717, 1.165) is 33.5 Å². The zero-order valence-electron chi connectivity index (χ0n) is 23.4. The molecule has 1 unspecified atom stereocenters. The minimum Gasteiger partial charge on any atom is -0.476 e. The van der Waals surface area contributed by atoms with Crippen LogP contribution in [0.4, 0.5) is 17.3 Å². The lowest BCUT2D eigenvalue weighted by Crippen LogP contribution is -2.26. The van der Waals surface area contributed by atoms with Crippen LogP contribution in [-0.2, 0) is 10.2 Å². The molecule has 40 heavy (non-hydrogen) atoms. The molecule has 4 aromatic rings. The van der Waals surface area contributed by atoms with Crippen molar-refractivity contribution in [1.29, 1.82) is 0 Å². The van der Waals surface area contributed by atoms with Gasteiger partial charge in [0.05, 0.1) is 23.7 Å². The molecular weight excluding hydrogens is 526 g/mol. The zero-order chi connectivity index (χ0) is 28.4. The molecular formula is C29H33N7O3S. The van der Waals surface area contributed by atoms with Gasteiger partial charge in [-0.05, 0) is 50.4 Å². The van der Waals surface area contributed by atoms with Crippen molar-refractivity contribution in [1.82, 2.24) is 19.7 Å². The van der Waals surface area contributed by atoms with Gasteiger partial charge in [0.15, 0.2) is 18.2 Å². The van der Waals surface area contributed by atoms with Crippen LogP contribution in [0, 0.1) is 6.92 Å². The molecule has 5 rings (SSSR count). The first-order chi connectivity index (χ1) is 19.1. The number of pyridine rings is 2. The monoisotopic (exact) mass is 559 g/mol. The van der Waals surface area contributed by atoms with E-state index in [0.29, 0.717) is 23.1 Å². The Morgan fingerprint density at radius 3 is 2.67 bits per heavy atom. The van der Waals surface area contributed by atoms with Gasteiger partial charge in [0.1, 0.15) is 11.6 Å². The summed E-state index contributed by atoms with van der Waals surface area (Å²) in [6.45, 7) is 10.4. The number of nitrogens with zero attached hydrogens (tertiary/aromatic N) is 4. The van der Waals surface area contributed by atoms with Crippen LogP contribution in [0.3, 0.4) is 0 Å². The van der Waals surface area contributed by atoms with E-state index in [1.807, 2.05) is 54.4 Å².